The Balaban J connectivity index is 1.84. The van der Waals surface area contributed by atoms with Gasteiger partial charge in [-0.2, -0.15) is 0 Å². The van der Waals surface area contributed by atoms with Crippen molar-refractivity contribution in [3.63, 3.8) is 0 Å². The van der Waals surface area contributed by atoms with Gasteiger partial charge in [-0.3, -0.25) is 42.6 Å². The number of carbonyl (C=O) groups excluding carboxylic acids is 9. The van der Waals surface area contributed by atoms with Gasteiger partial charge >= 0.3 is 5.97 Å². The highest BCUT2D eigenvalue weighted by molar-refractivity contribution is 7.84. The molecular formula is C52H74N8O13S. The molecular weight excluding hydrogens is 977 g/mol. The second-order valence-electron chi connectivity index (χ2n) is 19.2. The van der Waals surface area contributed by atoms with Crippen LogP contribution in [-0.2, 0) is 71.5 Å². The molecule has 2 fully saturated rings. The predicted octanol–water partition coefficient (Wildman–Crippen LogP) is 0.974. The first-order valence-corrected chi connectivity index (χ1v) is 26.8. The molecule has 11 atom stereocenters. The number of aromatic hydroxyl groups is 1. The molecule has 0 unspecified atom stereocenters. The number of aliphatic hydroxyl groups is 1. The zero-order valence-corrected chi connectivity index (χ0v) is 44.5. The van der Waals surface area contributed by atoms with Crippen molar-refractivity contribution in [1.29, 1.82) is 0 Å². The topological polar surface area (TPSA) is 299 Å². The number of phenols is 1. The average molecular weight is 1050 g/mol. The third-order valence-corrected chi connectivity index (χ3v) is 14.1. The van der Waals surface area contributed by atoms with E-state index in [1.165, 1.54) is 45.4 Å². The fraction of sp³-hybridized carbons (Fsp3) is 0.558. The number of amides is 8. The lowest BCUT2D eigenvalue weighted by Crippen LogP contribution is -2.64. The van der Waals surface area contributed by atoms with E-state index in [9.17, 15) is 52.8 Å². The number of allylic oxidation sites excluding steroid dienone is 1. The van der Waals surface area contributed by atoms with Crippen LogP contribution >= 0.6 is 0 Å². The molecule has 0 aromatic heterocycles. The number of carbonyl (C=O) groups is 9. The van der Waals surface area contributed by atoms with Crippen LogP contribution in [0.3, 0.4) is 0 Å². The third-order valence-electron chi connectivity index (χ3n) is 13.2. The van der Waals surface area contributed by atoms with E-state index in [4.69, 9.17) is 4.74 Å². The van der Waals surface area contributed by atoms with E-state index in [0.29, 0.717) is 24.0 Å². The Morgan fingerprint density at radius 2 is 1.50 bits per heavy atom. The molecule has 0 radical (unpaired) electrons. The summed E-state index contributed by atoms with van der Waals surface area (Å²) in [5.74, 6) is -8.85. The zero-order chi connectivity index (χ0) is 55.0. The number of nitrogens with zero attached hydrogens (tertiary/aromatic N) is 2. The Labute approximate surface area is 435 Å². The van der Waals surface area contributed by atoms with Gasteiger partial charge in [-0.05, 0) is 74.6 Å². The summed E-state index contributed by atoms with van der Waals surface area (Å²) in [5.41, 5.74) is 0.693. The number of esters is 1. The summed E-state index contributed by atoms with van der Waals surface area (Å²) in [6, 6.07) is 4.58. The van der Waals surface area contributed by atoms with E-state index in [1.807, 2.05) is 6.92 Å². The number of nitrogens with one attached hydrogen (secondary N) is 6. The molecule has 406 valence electrons. The van der Waals surface area contributed by atoms with Crippen LogP contribution in [0.5, 0.6) is 5.75 Å². The summed E-state index contributed by atoms with van der Waals surface area (Å²) in [4.78, 5) is 130. The number of phenolic OH excluding ortho intramolecular Hbond substituents is 1. The van der Waals surface area contributed by atoms with Crippen LogP contribution in [0.2, 0.25) is 0 Å². The number of rotatable bonds is 17. The molecule has 0 aliphatic carbocycles. The maximum absolute atomic E-state index is 15.0. The second kappa shape index (κ2) is 28.1. The standard InChI is InChI=1S/C52H74N8O13S/c1-10-16-40(62)56-43(30(6)11-2)48(67)54-36(25-26-74(9)72)46(65)58-44-31(7)73-52(71)42(29(4)5)57-47(66)38(27-33-19-21-34(61)22-20-33)59(8)51(70)39(28-32-17-14-13-15-18-32)60-41(63)24-23-37(50(60)69)55-45(64)35(12-3)53-49(44)68/h12-15,17-22,29-31,36-39,41-44,61,63H,10-11,16,23-28H2,1-9H3,(H,53,68)(H,54,67)(H,55,64)(H,56,62)(H,57,66)(H,58,65)/b35-12-/t30-,31+,36-,37-,38-,39-,41+,42-,43-,44-,74+/m0/s1. The van der Waals surface area contributed by atoms with Gasteiger partial charge in [0.15, 0.2) is 0 Å². The summed E-state index contributed by atoms with van der Waals surface area (Å²) in [5, 5.41) is 37.3. The largest absolute Gasteiger partial charge is 0.508 e. The Kier molecular flexibility index (Phi) is 22.8. The number of hydrogen-bond donors (Lipinski definition) is 8. The van der Waals surface area contributed by atoms with Gasteiger partial charge in [0.25, 0.3) is 11.8 Å². The van der Waals surface area contributed by atoms with Crippen molar-refractivity contribution >= 4 is 64.0 Å². The van der Waals surface area contributed by atoms with E-state index in [2.05, 4.69) is 31.9 Å². The lowest BCUT2D eigenvalue weighted by Gasteiger charge is -2.43. The molecule has 2 aromatic rings. The van der Waals surface area contributed by atoms with E-state index in [1.54, 1.807) is 70.2 Å². The van der Waals surface area contributed by atoms with Crippen LogP contribution in [0.25, 0.3) is 0 Å². The number of benzene rings is 2. The maximum atomic E-state index is 15.0. The smallest absolute Gasteiger partial charge is 0.329 e. The van der Waals surface area contributed by atoms with E-state index in [-0.39, 0.29) is 61.9 Å². The Hall–Kier alpha value is -6.68. The van der Waals surface area contributed by atoms with Gasteiger partial charge in [-0.15, -0.1) is 0 Å². The molecule has 0 spiro atoms. The maximum Gasteiger partial charge on any atom is 0.329 e. The number of aliphatic hydroxyl groups excluding tert-OH is 1. The van der Waals surface area contributed by atoms with E-state index >= 15 is 4.79 Å². The SMILES string of the molecule is C/C=C1\NC(=O)[C@@H](NC(=O)[C@H](CC[S@@](C)=O)NC(=O)[C@@H](NC(=O)CCC)[C@@H](C)CC)[C@@H](C)OC(=O)[C@H](C(C)C)NC(=O)[C@H](Cc2ccc(O)cc2)N(C)C(=O)[C@H](Cc2ccccc2)N2C(=O)[C@H](CC[C@H]2O)NC1=O. The number of cyclic esters (lactones) is 1. The molecule has 0 saturated carbocycles. The fourth-order valence-corrected chi connectivity index (χ4v) is 9.18. The average Bonchev–Trinajstić information content (AvgIpc) is 3.36. The van der Waals surface area contributed by atoms with E-state index < -0.39 is 124 Å². The molecule has 21 nitrogen and oxygen atoms in total. The minimum Gasteiger partial charge on any atom is -0.508 e. The lowest BCUT2D eigenvalue weighted by molar-refractivity contribution is -0.165. The van der Waals surface area contributed by atoms with Crippen molar-refractivity contribution in [1.82, 2.24) is 41.7 Å². The normalized spacial score (nSPS) is 24.7. The van der Waals surface area contributed by atoms with Crippen LogP contribution < -0.4 is 31.9 Å². The molecule has 2 aliphatic rings. The molecule has 8 N–H and O–H groups in total. The van der Waals surface area contributed by atoms with Crippen molar-refractivity contribution in [2.75, 3.05) is 19.1 Å². The van der Waals surface area contributed by atoms with Gasteiger partial charge in [0.1, 0.15) is 66.1 Å². The minimum absolute atomic E-state index is 0.0625. The number of likely N-dealkylation sites (N-methyl/N-ethyl adjacent to an activating group) is 1. The molecule has 2 saturated heterocycles. The van der Waals surface area contributed by atoms with Crippen LogP contribution in [-0.4, -0.2) is 151 Å². The molecule has 8 amide bonds. The first kappa shape index (κ1) is 59.9. The van der Waals surface area contributed by atoms with Gasteiger partial charge in [0.2, 0.25) is 35.4 Å². The van der Waals surface area contributed by atoms with Crippen molar-refractivity contribution in [3.05, 3.63) is 77.5 Å². The summed E-state index contributed by atoms with van der Waals surface area (Å²) < 4.78 is 18.3. The van der Waals surface area contributed by atoms with Crippen LogP contribution in [0.4, 0.5) is 0 Å². The van der Waals surface area contributed by atoms with Crippen LogP contribution in [0, 0.1) is 11.8 Å². The summed E-state index contributed by atoms with van der Waals surface area (Å²) in [7, 11) is -0.117. The highest BCUT2D eigenvalue weighted by Crippen LogP contribution is 2.26. The summed E-state index contributed by atoms with van der Waals surface area (Å²) in [6.45, 7) is 11.3. The quantitative estimate of drug-likeness (QED) is 0.0811. The van der Waals surface area contributed by atoms with Crippen molar-refractivity contribution < 1.29 is 62.3 Å². The number of fused-ring (bicyclic) bond motifs is 2. The Bertz CT molecular complexity index is 2390. The summed E-state index contributed by atoms with van der Waals surface area (Å²) in [6.07, 6.45) is -0.000657. The highest BCUT2D eigenvalue weighted by Gasteiger charge is 2.45. The fourth-order valence-electron chi connectivity index (χ4n) is 8.61. The Morgan fingerprint density at radius 1 is 0.865 bits per heavy atom. The Morgan fingerprint density at radius 3 is 2.09 bits per heavy atom. The summed E-state index contributed by atoms with van der Waals surface area (Å²) >= 11 is 0. The molecule has 2 bridgehead atoms. The first-order chi connectivity index (χ1) is 35.0. The van der Waals surface area contributed by atoms with Gasteiger partial charge in [-0.1, -0.05) is 89.6 Å². The number of ether oxygens (including phenoxy) is 1. The molecule has 4 rings (SSSR count). The monoisotopic (exact) mass is 1050 g/mol. The van der Waals surface area contributed by atoms with Gasteiger partial charge in [-0.25, -0.2) is 4.79 Å². The predicted molar refractivity (Wildman–Crippen MR) is 274 cm³/mol. The van der Waals surface area contributed by atoms with Gasteiger partial charge in [0, 0.05) is 49.1 Å². The molecule has 2 aromatic carbocycles. The van der Waals surface area contributed by atoms with Crippen LogP contribution in [0.15, 0.2) is 66.4 Å². The van der Waals surface area contributed by atoms with Crippen molar-refractivity contribution in [3.8, 4) is 5.75 Å². The third kappa shape index (κ3) is 16.4. The van der Waals surface area contributed by atoms with Crippen molar-refractivity contribution in [2.24, 2.45) is 11.8 Å². The zero-order valence-electron chi connectivity index (χ0n) is 43.7. The second-order valence-corrected chi connectivity index (χ2v) is 20.8. The lowest BCUT2D eigenvalue weighted by atomic mass is 9.95. The molecule has 74 heavy (non-hydrogen) atoms. The highest BCUT2D eigenvalue weighted by atomic mass is 32.2. The molecule has 22 heteroatoms. The first-order valence-electron chi connectivity index (χ1n) is 25.1. The minimum atomic E-state index is -1.83. The van der Waals surface area contributed by atoms with E-state index in [0.717, 1.165) is 9.80 Å². The molecule has 2 aliphatic heterocycles. The molecule has 2 heterocycles. The van der Waals surface area contributed by atoms with Gasteiger partial charge in [0.05, 0.1) is 0 Å². The van der Waals surface area contributed by atoms with Crippen LogP contribution in [0.1, 0.15) is 98.1 Å². The number of hydrogen-bond acceptors (Lipinski definition) is 13. The van der Waals surface area contributed by atoms with Crippen molar-refractivity contribution in [2.45, 2.75) is 154 Å². The van der Waals surface area contributed by atoms with Gasteiger partial charge < -0.3 is 56.7 Å². The number of piperidine rings is 1.